The molecule has 0 radical (unpaired) electrons. The van der Waals surface area contributed by atoms with Gasteiger partial charge in [0.2, 0.25) is 0 Å². The van der Waals surface area contributed by atoms with Crippen molar-refractivity contribution in [3.8, 4) is 0 Å². The second-order valence-electron chi connectivity index (χ2n) is 7.36. The van der Waals surface area contributed by atoms with Crippen molar-refractivity contribution in [1.82, 2.24) is 4.90 Å². The van der Waals surface area contributed by atoms with Crippen molar-refractivity contribution in [3.05, 3.63) is 0 Å². The molecule has 2 rings (SSSR count). The van der Waals surface area contributed by atoms with Crippen LogP contribution in [0.1, 0.15) is 71.6 Å². The zero-order chi connectivity index (χ0) is 14.5. The Bertz CT molecular complexity index is 315. The third-order valence-corrected chi connectivity index (χ3v) is 5.71. The van der Waals surface area contributed by atoms with Crippen LogP contribution in [0, 0.1) is 17.8 Å². The summed E-state index contributed by atoms with van der Waals surface area (Å²) in [6.07, 6.45) is 11.2. The van der Waals surface area contributed by atoms with Gasteiger partial charge < -0.3 is 4.90 Å². The van der Waals surface area contributed by atoms with Gasteiger partial charge in [0.25, 0.3) is 0 Å². The van der Waals surface area contributed by atoms with Gasteiger partial charge in [0.15, 0.2) is 0 Å². The summed E-state index contributed by atoms with van der Waals surface area (Å²) >= 11 is 0. The van der Waals surface area contributed by atoms with E-state index >= 15 is 0 Å². The van der Waals surface area contributed by atoms with Gasteiger partial charge in [-0.3, -0.25) is 4.79 Å². The highest BCUT2D eigenvalue weighted by atomic mass is 16.1. The average molecular weight is 279 g/mol. The van der Waals surface area contributed by atoms with E-state index < -0.39 is 0 Å². The van der Waals surface area contributed by atoms with E-state index in [1.54, 1.807) is 0 Å². The van der Waals surface area contributed by atoms with E-state index in [-0.39, 0.29) is 0 Å². The Kier molecular flexibility index (Phi) is 6.07. The van der Waals surface area contributed by atoms with Crippen LogP contribution < -0.4 is 0 Å². The van der Waals surface area contributed by atoms with Gasteiger partial charge in [-0.25, -0.2) is 0 Å². The molecule has 0 N–H and O–H groups in total. The molecule has 2 saturated carbocycles. The first-order chi connectivity index (χ1) is 9.61. The Morgan fingerprint density at radius 2 is 1.95 bits per heavy atom. The first-order valence-electron chi connectivity index (χ1n) is 8.84. The fourth-order valence-corrected chi connectivity index (χ4v) is 4.48. The average Bonchev–Trinajstić information content (AvgIpc) is 2.43. The van der Waals surface area contributed by atoms with Crippen LogP contribution in [0.5, 0.6) is 0 Å². The zero-order valence-corrected chi connectivity index (χ0v) is 13.7. The Labute approximate surface area is 125 Å². The highest BCUT2D eigenvalue weighted by Crippen LogP contribution is 2.32. The van der Waals surface area contributed by atoms with Gasteiger partial charge in [-0.1, -0.05) is 39.5 Å². The Morgan fingerprint density at radius 3 is 2.65 bits per heavy atom. The van der Waals surface area contributed by atoms with Gasteiger partial charge >= 0.3 is 0 Å². The minimum Gasteiger partial charge on any atom is -0.302 e. The van der Waals surface area contributed by atoms with Crippen molar-refractivity contribution < 1.29 is 4.79 Å². The maximum Gasteiger partial charge on any atom is 0.137 e. The minimum atomic E-state index is 0.319. The molecule has 0 saturated heterocycles. The fraction of sp³-hybridized carbons (Fsp3) is 0.944. The second-order valence-corrected chi connectivity index (χ2v) is 7.36. The van der Waals surface area contributed by atoms with Crippen LogP contribution in [0.15, 0.2) is 0 Å². The van der Waals surface area contributed by atoms with Gasteiger partial charge in [-0.2, -0.15) is 0 Å². The summed E-state index contributed by atoms with van der Waals surface area (Å²) < 4.78 is 0. The largest absolute Gasteiger partial charge is 0.302 e. The molecule has 0 aromatic heterocycles. The molecule has 2 fully saturated rings. The fourth-order valence-electron chi connectivity index (χ4n) is 4.48. The number of ketones is 1. The van der Waals surface area contributed by atoms with Crippen LogP contribution in [0.4, 0.5) is 0 Å². The molecular formula is C18H33NO. The summed E-state index contributed by atoms with van der Waals surface area (Å²) in [5.74, 6) is 2.46. The van der Waals surface area contributed by atoms with Gasteiger partial charge in [-0.05, 0) is 44.6 Å². The number of hydrogen-bond acceptors (Lipinski definition) is 2. The molecule has 2 aliphatic rings. The van der Waals surface area contributed by atoms with E-state index in [1.807, 2.05) is 0 Å². The summed E-state index contributed by atoms with van der Waals surface area (Å²) in [5.41, 5.74) is 0. The number of carbonyl (C=O) groups excluding carboxylic acids is 1. The smallest absolute Gasteiger partial charge is 0.137 e. The quantitative estimate of drug-likeness (QED) is 0.748. The third kappa shape index (κ3) is 4.07. The molecule has 0 bridgehead atoms. The lowest BCUT2D eigenvalue weighted by Gasteiger charge is -2.39. The molecule has 20 heavy (non-hydrogen) atoms. The van der Waals surface area contributed by atoms with Gasteiger partial charge in [-0.15, -0.1) is 0 Å². The lowest BCUT2D eigenvalue weighted by atomic mass is 9.77. The number of hydrogen-bond donors (Lipinski definition) is 0. The van der Waals surface area contributed by atoms with Crippen LogP contribution in [0.25, 0.3) is 0 Å². The summed E-state index contributed by atoms with van der Waals surface area (Å²) in [5, 5.41) is 0. The van der Waals surface area contributed by atoms with E-state index in [0.717, 1.165) is 37.6 Å². The molecule has 0 aliphatic heterocycles. The van der Waals surface area contributed by atoms with Crippen LogP contribution in [-0.4, -0.2) is 30.3 Å². The van der Waals surface area contributed by atoms with Crippen LogP contribution in [0.3, 0.4) is 0 Å². The molecular weight excluding hydrogens is 246 g/mol. The molecule has 0 heterocycles. The maximum absolute atomic E-state index is 12.2. The summed E-state index contributed by atoms with van der Waals surface area (Å²) in [6.45, 7) is 5.66. The van der Waals surface area contributed by atoms with Crippen molar-refractivity contribution in [3.63, 3.8) is 0 Å². The Morgan fingerprint density at radius 1 is 1.20 bits per heavy atom. The van der Waals surface area contributed by atoms with Crippen LogP contribution in [0.2, 0.25) is 0 Å². The lowest BCUT2D eigenvalue weighted by molar-refractivity contribution is -0.126. The van der Waals surface area contributed by atoms with E-state index in [9.17, 15) is 4.79 Å². The molecule has 4 atom stereocenters. The predicted molar refractivity (Wildman–Crippen MR) is 84.8 cm³/mol. The van der Waals surface area contributed by atoms with E-state index in [2.05, 4.69) is 25.8 Å². The molecule has 2 nitrogen and oxygen atoms in total. The number of carbonyl (C=O) groups is 1. The van der Waals surface area contributed by atoms with Gasteiger partial charge in [0.1, 0.15) is 5.78 Å². The normalized spacial score (nSPS) is 35.5. The van der Waals surface area contributed by atoms with Crippen molar-refractivity contribution in [2.45, 2.75) is 77.7 Å². The zero-order valence-electron chi connectivity index (χ0n) is 13.7. The van der Waals surface area contributed by atoms with Crippen LogP contribution >= 0.6 is 0 Å². The molecule has 0 aromatic carbocycles. The molecule has 0 amide bonds. The predicted octanol–water partition coefficient (Wildman–Crippen LogP) is 4.28. The van der Waals surface area contributed by atoms with E-state index in [4.69, 9.17) is 0 Å². The van der Waals surface area contributed by atoms with Crippen molar-refractivity contribution in [2.24, 2.45) is 17.8 Å². The minimum absolute atomic E-state index is 0.319. The highest BCUT2D eigenvalue weighted by Gasteiger charge is 2.32. The summed E-state index contributed by atoms with van der Waals surface area (Å²) in [7, 11) is 2.25. The first-order valence-corrected chi connectivity index (χ1v) is 8.84. The number of rotatable bonds is 5. The lowest BCUT2D eigenvalue weighted by Crippen LogP contribution is -2.44. The standard InChI is InChI=1S/C18H33NO/c1-4-7-15-10-11-18(20)16(12-15)13-19(3)17-9-6-5-8-14(17)2/h14-17H,4-13H2,1-3H3. The molecule has 0 spiro atoms. The second kappa shape index (κ2) is 7.59. The molecule has 0 aromatic rings. The van der Waals surface area contributed by atoms with Gasteiger partial charge in [0, 0.05) is 24.9 Å². The molecule has 4 unspecified atom stereocenters. The monoisotopic (exact) mass is 279 g/mol. The van der Waals surface area contributed by atoms with Crippen molar-refractivity contribution >= 4 is 5.78 Å². The molecule has 2 heteroatoms. The summed E-state index contributed by atoms with van der Waals surface area (Å²) in [6, 6.07) is 0.711. The topological polar surface area (TPSA) is 20.3 Å². The Balaban J connectivity index is 1.88. The highest BCUT2D eigenvalue weighted by molar-refractivity contribution is 5.81. The molecule has 2 aliphatic carbocycles. The third-order valence-electron chi connectivity index (χ3n) is 5.71. The SMILES string of the molecule is CCCC1CCC(=O)C(CN(C)C2CCCCC2C)C1. The number of nitrogens with zero attached hydrogens (tertiary/aromatic N) is 1. The van der Waals surface area contributed by atoms with Crippen molar-refractivity contribution in [2.75, 3.05) is 13.6 Å². The Hall–Kier alpha value is -0.370. The summed E-state index contributed by atoms with van der Waals surface area (Å²) in [4.78, 5) is 14.7. The van der Waals surface area contributed by atoms with E-state index in [1.165, 1.54) is 38.5 Å². The maximum atomic E-state index is 12.2. The molecule has 116 valence electrons. The first kappa shape index (κ1) is 16.0. The number of Topliss-reactive ketones (excluding diaryl/α,β-unsaturated/α-hetero) is 1. The van der Waals surface area contributed by atoms with Crippen molar-refractivity contribution in [1.29, 1.82) is 0 Å². The van der Waals surface area contributed by atoms with Crippen LogP contribution in [-0.2, 0) is 4.79 Å². The van der Waals surface area contributed by atoms with E-state index in [0.29, 0.717) is 17.7 Å². The van der Waals surface area contributed by atoms with Gasteiger partial charge in [0.05, 0.1) is 0 Å².